The largest absolute Gasteiger partial charge is 0.347 e. The lowest BCUT2D eigenvalue weighted by molar-refractivity contribution is 0.972. The molecule has 0 aliphatic rings. The quantitative estimate of drug-likeness (QED) is 0.799. The Morgan fingerprint density at radius 1 is 1.54 bits per heavy atom. The Morgan fingerprint density at radius 3 is 3.00 bits per heavy atom. The van der Waals surface area contributed by atoms with Crippen molar-refractivity contribution in [3.8, 4) is 5.69 Å². The molecular weight excluding hydrogens is 236 g/mol. The first-order chi connectivity index (χ1) is 6.29. The van der Waals surface area contributed by atoms with E-state index in [2.05, 4.69) is 31.1 Å². The molecule has 13 heavy (non-hydrogen) atoms. The lowest BCUT2D eigenvalue weighted by Crippen LogP contribution is -2.14. The first-order valence-electron chi connectivity index (χ1n) is 3.51. The number of hydrogen-bond donors (Lipinski definition) is 1. The Hall–Kier alpha value is -1.43. The van der Waals surface area contributed by atoms with Crippen LogP contribution in [0.2, 0.25) is 0 Å². The fraction of sp³-hybridized carbons (Fsp3) is 0. The third-order valence-electron chi connectivity index (χ3n) is 1.56. The summed E-state index contributed by atoms with van der Waals surface area (Å²) >= 11 is 3.29. The van der Waals surface area contributed by atoms with Crippen LogP contribution in [0.1, 0.15) is 0 Å². The molecule has 1 N–H and O–H groups in total. The monoisotopic (exact) mass is 240 g/mol. The molecule has 2 aromatic heterocycles. The van der Waals surface area contributed by atoms with Crippen molar-refractivity contribution in [3.05, 3.63) is 39.7 Å². The molecule has 0 spiro atoms. The van der Waals surface area contributed by atoms with Gasteiger partial charge in [0.1, 0.15) is 6.33 Å². The van der Waals surface area contributed by atoms with Crippen LogP contribution in [-0.4, -0.2) is 19.7 Å². The van der Waals surface area contributed by atoms with Crippen molar-refractivity contribution in [3.63, 3.8) is 0 Å². The highest BCUT2D eigenvalue weighted by Gasteiger charge is 2.03. The smallest absolute Gasteiger partial charge is 0.263 e. The van der Waals surface area contributed by atoms with E-state index in [1.54, 1.807) is 18.5 Å². The summed E-state index contributed by atoms with van der Waals surface area (Å²) < 4.78 is 2.14. The zero-order valence-electron chi connectivity index (χ0n) is 6.44. The third-order valence-corrected chi connectivity index (χ3v) is 2.17. The SMILES string of the molecule is O=c1[nH]ncn1-c1ccncc1Br. The summed E-state index contributed by atoms with van der Waals surface area (Å²) in [4.78, 5) is 15.1. The van der Waals surface area contributed by atoms with Gasteiger partial charge in [0.15, 0.2) is 0 Å². The van der Waals surface area contributed by atoms with Gasteiger partial charge in [0.05, 0.1) is 10.2 Å². The van der Waals surface area contributed by atoms with Crippen molar-refractivity contribution in [2.45, 2.75) is 0 Å². The van der Waals surface area contributed by atoms with Crippen LogP contribution in [0, 0.1) is 0 Å². The molecule has 66 valence electrons. The predicted molar refractivity (Wildman–Crippen MR) is 49.7 cm³/mol. The molecule has 0 aliphatic carbocycles. The summed E-state index contributed by atoms with van der Waals surface area (Å²) in [5.74, 6) is 0. The number of rotatable bonds is 1. The van der Waals surface area contributed by atoms with Gasteiger partial charge in [-0.25, -0.2) is 14.5 Å². The van der Waals surface area contributed by atoms with E-state index < -0.39 is 0 Å². The van der Waals surface area contributed by atoms with E-state index in [-0.39, 0.29) is 5.69 Å². The van der Waals surface area contributed by atoms with Crippen molar-refractivity contribution in [2.24, 2.45) is 0 Å². The van der Waals surface area contributed by atoms with E-state index in [0.717, 1.165) is 4.47 Å². The number of nitrogens with one attached hydrogen (secondary N) is 1. The lowest BCUT2D eigenvalue weighted by atomic mass is 10.4. The van der Waals surface area contributed by atoms with Gasteiger partial charge < -0.3 is 0 Å². The zero-order valence-corrected chi connectivity index (χ0v) is 8.02. The number of aromatic amines is 1. The van der Waals surface area contributed by atoms with Crippen LogP contribution in [0.3, 0.4) is 0 Å². The topological polar surface area (TPSA) is 63.6 Å². The standard InChI is InChI=1S/C7H5BrN4O/c8-5-3-9-2-1-6(5)12-4-10-11-7(12)13/h1-4H,(H,11,13). The fourth-order valence-corrected chi connectivity index (χ4v) is 1.42. The lowest BCUT2D eigenvalue weighted by Gasteiger charge is -2.00. The summed E-state index contributed by atoms with van der Waals surface area (Å²) in [5, 5.41) is 5.93. The first kappa shape index (κ1) is 8.18. The minimum Gasteiger partial charge on any atom is -0.263 e. The Kier molecular flexibility index (Phi) is 1.97. The van der Waals surface area contributed by atoms with E-state index in [0.29, 0.717) is 5.69 Å². The van der Waals surface area contributed by atoms with Crippen LogP contribution in [0.25, 0.3) is 5.69 Å². The zero-order chi connectivity index (χ0) is 9.26. The van der Waals surface area contributed by atoms with Crippen molar-refractivity contribution in [2.75, 3.05) is 0 Å². The normalized spacial score (nSPS) is 10.2. The van der Waals surface area contributed by atoms with Crippen LogP contribution in [0.5, 0.6) is 0 Å². The highest BCUT2D eigenvalue weighted by molar-refractivity contribution is 9.10. The Bertz CT molecular complexity index is 475. The molecule has 2 aromatic rings. The molecule has 0 amide bonds. The second kappa shape index (κ2) is 3.14. The molecule has 5 nitrogen and oxygen atoms in total. The number of halogens is 1. The van der Waals surface area contributed by atoms with Gasteiger partial charge >= 0.3 is 5.69 Å². The summed E-state index contributed by atoms with van der Waals surface area (Å²) in [6.45, 7) is 0. The number of hydrogen-bond acceptors (Lipinski definition) is 3. The van der Waals surface area contributed by atoms with Crippen LogP contribution in [-0.2, 0) is 0 Å². The maximum absolute atomic E-state index is 11.2. The van der Waals surface area contributed by atoms with E-state index in [9.17, 15) is 4.79 Å². The van der Waals surface area contributed by atoms with Crippen LogP contribution < -0.4 is 5.69 Å². The van der Waals surface area contributed by atoms with Gasteiger partial charge in [-0.2, -0.15) is 5.10 Å². The molecule has 0 aliphatic heterocycles. The van der Waals surface area contributed by atoms with E-state index in [4.69, 9.17) is 0 Å². The summed E-state index contributed by atoms with van der Waals surface area (Å²) in [5.41, 5.74) is 0.445. The van der Waals surface area contributed by atoms with Crippen molar-refractivity contribution >= 4 is 15.9 Å². The van der Waals surface area contributed by atoms with Gasteiger partial charge in [-0.3, -0.25) is 4.98 Å². The third kappa shape index (κ3) is 1.40. The first-order valence-corrected chi connectivity index (χ1v) is 4.30. The molecule has 0 bridgehead atoms. The average Bonchev–Trinajstić information content (AvgIpc) is 2.52. The average molecular weight is 241 g/mol. The van der Waals surface area contributed by atoms with Crippen LogP contribution in [0.4, 0.5) is 0 Å². The second-order valence-electron chi connectivity index (χ2n) is 2.36. The van der Waals surface area contributed by atoms with Crippen molar-refractivity contribution < 1.29 is 0 Å². The minimum atomic E-state index is -0.271. The molecule has 0 fully saturated rings. The van der Waals surface area contributed by atoms with Gasteiger partial charge in [-0.05, 0) is 22.0 Å². The highest BCUT2D eigenvalue weighted by atomic mass is 79.9. The second-order valence-corrected chi connectivity index (χ2v) is 3.21. The molecular formula is C7H5BrN4O. The van der Waals surface area contributed by atoms with Gasteiger partial charge in [0.2, 0.25) is 0 Å². The number of H-pyrrole nitrogens is 1. The summed E-state index contributed by atoms with van der Waals surface area (Å²) in [6.07, 6.45) is 4.65. The molecule has 0 saturated heterocycles. The van der Waals surface area contributed by atoms with Crippen molar-refractivity contribution in [1.82, 2.24) is 19.7 Å². The summed E-state index contributed by atoms with van der Waals surface area (Å²) in [6, 6.07) is 1.72. The highest BCUT2D eigenvalue weighted by Crippen LogP contribution is 2.16. The number of aromatic nitrogens is 4. The molecule has 0 radical (unpaired) electrons. The van der Waals surface area contributed by atoms with Gasteiger partial charge in [0, 0.05) is 12.4 Å². The van der Waals surface area contributed by atoms with Crippen molar-refractivity contribution in [1.29, 1.82) is 0 Å². The van der Waals surface area contributed by atoms with Crippen LogP contribution in [0.15, 0.2) is 34.1 Å². The predicted octanol–water partition coefficient (Wildman–Crippen LogP) is 0.718. The molecule has 0 aromatic carbocycles. The Balaban J connectivity index is 2.66. The summed E-state index contributed by atoms with van der Waals surface area (Å²) in [7, 11) is 0. The van der Waals surface area contributed by atoms with Crippen LogP contribution >= 0.6 is 15.9 Å². The Labute approximate surface area is 81.6 Å². The van der Waals surface area contributed by atoms with E-state index >= 15 is 0 Å². The minimum absolute atomic E-state index is 0.271. The molecule has 0 saturated carbocycles. The maximum Gasteiger partial charge on any atom is 0.347 e. The molecule has 0 atom stereocenters. The van der Waals surface area contributed by atoms with E-state index in [1.165, 1.54) is 10.9 Å². The molecule has 0 unspecified atom stereocenters. The molecule has 6 heteroatoms. The van der Waals surface area contributed by atoms with Gasteiger partial charge in [-0.1, -0.05) is 0 Å². The Morgan fingerprint density at radius 2 is 2.38 bits per heavy atom. The molecule has 2 heterocycles. The van der Waals surface area contributed by atoms with Gasteiger partial charge in [0.25, 0.3) is 0 Å². The maximum atomic E-state index is 11.2. The fourth-order valence-electron chi connectivity index (χ4n) is 0.983. The van der Waals surface area contributed by atoms with Gasteiger partial charge in [-0.15, -0.1) is 0 Å². The number of pyridine rings is 1. The molecule has 2 rings (SSSR count). The van der Waals surface area contributed by atoms with E-state index in [1.807, 2.05) is 0 Å². The number of nitrogens with zero attached hydrogens (tertiary/aromatic N) is 3.